The Hall–Kier alpha value is -1.30. The van der Waals surface area contributed by atoms with Crippen LogP contribution in [0.5, 0.6) is 11.5 Å². The third-order valence-corrected chi connectivity index (χ3v) is 3.15. The van der Waals surface area contributed by atoms with Crippen LogP contribution in [-0.4, -0.2) is 44.7 Å². The standard InChI is InChI=1S/C15H23NO4/c1-18-14-4-5-15(20-9-8-19-7-6-17)12(10-14)11-16-13-2-3-13/h4-5,10,13,16-17H,2-3,6-9,11H2,1H3. The number of aliphatic hydroxyl groups is 1. The zero-order valence-corrected chi connectivity index (χ0v) is 11.9. The molecule has 0 aromatic heterocycles. The van der Waals surface area contributed by atoms with E-state index in [4.69, 9.17) is 19.3 Å². The molecule has 1 aromatic carbocycles. The van der Waals surface area contributed by atoms with Gasteiger partial charge >= 0.3 is 0 Å². The Balaban J connectivity index is 1.87. The molecule has 0 bridgehead atoms. The number of aliphatic hydroxyl groups excluding tert-OH is 1. The molecular formula is C15H23NO4. The SMILES string of the molecule is COc1ccc(OCCOCCO)c(CNC2CC2)c1. The molecule has 1 aromatic rings. The van der Waals surface area contributed by atoms with E-state index >= 15 is 0 Å². The highest BCUT2D eigenvalue weighted by molar-refractivity contribution is 5.40. The Morgan fingerprint density at radius 3 is 2.80 bits per heavy atom. The Kier molecular flexibility index (Phi) is 6.11. The zero-order chi connectivity index (χ0) is 14.2. The predicted octanol–water partition coefficient (Wildman–Crippen LogP) is 1.33. The summed E-state index contributed by atoms with van der Waals surface area (Å²) in [6.07, 6.45) is 2.52. The second-order valence-electron chi connectivity index (χ2n) is 4.81. The lowest BCUT2D eigenvalue weighted by Crippen LogP contribution is -2.17. The first-order chi connectivity index (χ1) is 9.83. The van der Waals surface area contributed by atoms with E-state index in [-0.39, 0.29) is 6.61 Å². The van der Waals surface area contributed by atoms with Crippen LogP contribution in [0.1, 0.15) is 18.4 Å². The third-order valence-electron chi connectivity index (χ3n) is 3.15. The van der Waals surface area contributed by atoms with Gasteiger partial charge in [-0.2, -0.15) is 0 Å². The minimum absolute atomic E-state index is 0.0408. The van der Waals surface area contributed by atoms with Crippen LogP contribution >= 0.6 is 0 Å². The minimum atomic E-state index is 0.0408. The smallest absolute Gasteiger partial charge is 0.124 e. The number of hydrogen-bond donors (Lipinski definition) is 2. The average Bonchev–Trinajstić information content (AvgIpc) is 3.30. The first-order valence-electron chi connectivity index (χ1n) is 7.05. The van der Waals surface area contributed by atoms with E-state index in [9.17, 15) is 0 Å². The molecular weight excluding hydrogens is 258 g/mol. The van der Waals surface area contributed by atoms with Crippen molar-refractivity contribution in [2.45, 2.75) is 25.4 Å². The van der Waals surface area contributed by atoms with Crippen molar-refractivity contribution in [1.82, 2.24) is 5.32 Å². The summed E-state index contributed by atoms with van der Waals surface area (Å²) in [5.41, 5.74) is 1.10. The van der Waals surface area contributed by atoms with Crippen molar-refractivity contribution in [2.24, 2.45) is 0 Å². The molecule has 1 aliphatic rings. The maximum atomic E-state index is 8.62. The van der Waals surface area contributed by atoms with Gasteiger partial charge in [-0.25, -0.2) is 0 Å². The molecule has 0 amide bonds. The zero-order valence-electron chi connectivity index (χ0n) is 11.9. The lowest BCUT2D eigenvalue weighted by atomic mass is 10.2. The van der Waals surface area contributed by atoms with Crippen molar-refractivity contribution in [1.29, 1.82) is 0 Å². The third kappa shape index (κ3) is 5.00. The fourth-order valence-electron chi connectivity index (χ4n) is 1.88. The molecule has 0 radical (unpaired) electrons. The van der Waals surface area contributed by atoms with Crippen LogP contribution in [-0.2, 0) is 11.3 Å². The van der Waals surface area contributed by atoms with Crippen LogP contribution in [0.3, 0.4) is 0 Å². The van der Waals surface area contributed by atoms with Crippen LogP contribution in [0.25, 0.3) is 0 Å². The molecule has 20 heavy (non-hydrogen) atoms. The molecule has 5 heteroatoms. The Bertz CT molecular complexity index is 407. The van der Waals surface area contributed by atoms with Crippen LogP contribution < -0.4 is 14.8 Å². The van der Waals surface area contributed by atoms with Gasteiger partial charge in [-0.15, -0.1) is 0 Å². The van der Waals surface area contributed by atoms with E-state index in [0.29, 0.717) is 25.9 Å². The summed E-state index contributed by atoms with van der Waals surface area (Å²) in [7, 11) is 1.66. The van der Waals surface area contributed by atoms with Crippen LogP contribution in [0, 0.1) is 0 Å². The number of nitrogens with one attached hydrogen (secondary N) is 1. The first-order valence-corrected chi connectivity index (χ1v) is 7.05. The molecule has 0 atom stereocenters. The van der Waals surface area contributed by atoms with Crippen molar-refractivity contribution < 1.29 is 19.3 Å². The molecule has 1 fully saturated rings. The number of rotatable bonds is 10. The van der Waals surface area contributed by atoms with Crippen molar-refractivity contribution in [3.8, 4) is 11.5 Å². The van der Waals surface area contributed by atoms with Gasteiger partial charge in [-0.05, 0) is 31.0 Å². The fourth-order valence-corrected chi connectivity index (χ4v) is 1.88. The number of hydrogen-bond acceptors (Lipinski definition) is 5. The van der Waals surface area contributed by atoms with E-state index < -0.39 is 0 Å². The molecule has 0 heterocycles. The molecule has 0 aliphatic heterocycles. The van der Waals surface area contributed by atoms with Gasteiger partial charge in [0.1, 0.15) is 18.1 Å². The lowest BCUT2D eigenvalue weighted by molar-refractivity contribution is 0.0702. The normalized spacial score (nSPS) is 14.3. The van der Waals surface area contributed by atoms with Gasteiger partial charge in [0, 0.05) is 18.2 Å². The maximum Gasteiger partial charge on any atom is 0.124 e. The van der Waals surface area contributed by atoms with E-state index in [1.807, 2.05) is 18.2 Å². The Morgan fingerprint density at radius 2 is 2.10 bits per heavy atom. The van der Waals surface area contributed by atoms with E-state index in [2.05, 4.69) is 5.32 Å². The van der Waals surface area contributed by atoms with Crippen molar-refractivity contribution in [2.75, 3.05) is 33.5 Å². The molecule has 1 saturated carbocycles. The molecule has 2 N–H and O–H groups in total. The topological polar surface area (TPSA) is 60.0 Å². The second kappa shape index (κ2) is 8.09. The maximum absolute atomic E-state index is 8.62. The van der Waals surface area contributed by atoms with Gasteiger partial charge in [0.05, 0.1) is 26.9 Å². The average molecular weight is 281 g/mol. The Morgan fingerprint density at radius 1 is 1.25 bits per heavy atom. The van der Waals surface area contributed by atoms with Crippen LogP contribution in [0.2, 0.25) is 0 Å². The molecule has 112 valence electrons. The van der Waals surface area contributed by atoms with Gasteiger partial charge < -0.3 is 24.6 Å². The number of benzene rings is 1. The fraction of sp³-hybridized carbons (Fsp3) is 0.600. The van der Waals surface area contributed by atoms with E-state index in [1.165, 1.54) is 12.8 Å². The summed E-state index contributed by atoms with van der Waals surface area (Å²) in [6, 6.07) is 6.47. The molecule has 0 saturated heterocycles. The highest BCUT2D eigenvalue weighted by atomic mass is 16.5. The van der Waals surface area contributed by atoms with Crippen LogP contribution in [0.15, 0.2) is 18.2 Å². The van der Waals surface area contributed by atoms with Crippen molar-refractivity contribution in [3.63, 3.8) is 0 Å². The summed E-state index contributed by atoms with van der Waals surface area (Å²) < 4.78 is 16.2. The Labute approximate surface area is 119 Å². The number of methoxy groups -OCH3 is 1. The monoisotopic (exact) mass is 281 g/mol. The van der Waals surface area contributed by atoms with Gasteiger partial charge in [0.25, 0.3) is 0 Å². The second-order valence-corrected chi connectivity index (χ2v) is 4.81. The number of ether oxygens (including phenoxy) is 3. The summed E-state index contributed by atoms with van der Waals surface area (Å²) in [5.74, 6) is 1.69. The highest BCUT2D eigenvalue weighted by Gasteiger charge is 2.20. The van der Waals surface area contributed by atoms with E-state index in [1.54, 1.807) is 7.11 Å². The molecule has 5 nitrogen and oxygen atoms in total. The summed E-state index contributed by atoms with van der Waals surface area (Å²) in [4.78, 5) is 0. The molecule has 0 spiro atoms. The first kappa shape index (κ1) is 15.1. The molecule has 2 rings (SSSR count). The molecule has 0 unspecified atom stereocenters. The minimum Gasteiger partial charge on any atom is -0.497 e. The summed E-state index contributed by atoms with van der Waals surface area (Å²) in [5, 5.41) is 12.1. The van der Waals surface area contributed by atoms with Gasteiger partial charge in [0.2, 0.25) is 0 Å². The largest absolute Gasteiger partial charge is 0.497 e. The lowest BCUT2D eigenvalue weighted by Gasteiger charge is -2.13. The molecule has 1 aliphatic carbocycles. The quantitative estimate of drug-likeness (QED) is 0.634. The van der Waals surface area contributed by atoms with E-state index in [0.717, 1.165) is 23.6 Å². The van der Waals surface area contributed by atoms with Crippen LogP contribution in [0.4, 0.5) is 0 Å². The summed E-state index contributed by atoms with van der Waals surface area (Å²) in [6.45, 7) is 2.13. The van der Waals surface area contributed by atoms with Gasteiger partial charge in [0.15, 0.2) is 0 Å². The summed E-state index contributed by atoms with van der Waals surface area (Å²) >= 11 is 0. The highest BCUT2D eigenvalue weighted by Crippen LogP contribution is 2.26. The predicted molar refractivity (Wildman–Crippen MR) is 76.3 cm³/mol. The van der Waals surface area contributed by atoms with Gasteiger partial charge in [-0.3, -0.25) is 0 Å². The van der Waals surface area contributed by atoms with Crippen molar-refractivity contribution >= 4 is 0 Å². The van der Waals surface area contributed by atoms with Gasteiger partial charge in [-0.1, -0.05) is 0 Å². The van der Waals surface area contributed by atoms with Crippen molar-refractivity contribution in [3.05, 3.63) is 23.8 Å².